The second-order valence-corrected chi connectivity index (χ2v) is 4.39. The predicted octanol–water partition coefficient (Wildman–Crippen LogP) is 1.08. The van der Waals surface area contributed by atoms with Gasteiger partial charge in [-0.2, -0.15) is 5.21 Å². The van der Waals surface area contributed by atoms with Crippen LogP contribution in [0, 0.1) is 0 Å². The van der Waals surface area contributed by atoms with E-state index in [0.717, 1.165) is 5.56 Å². The van der Waals surface area contributed by atoms with E-state index in [2.05, 4.69) is 25.9 Å². The summed E-state index contributed by atoms with van der Waals surface area (Å²) in [5.41, 5.74) is 1.01. The summed E-state index contributed by atoms with van der Waals surface area (Å²) in [6, 6.07) is 3.88. The average molecular weight is 293 g/mol. The largest absolute Gasteiger partial charge is 0.493 e. The Balaban J connectivity index is 2.18. The zero-order valence-corrected chi connectivity index (χ0v) is 12.5. The number of nitrogens with zero attached hydrogens (tertiary/aromatic N) is 3. The van der Waals surface area contributed by atoms with E-state index < -0.39 is 0 Å². The third kappa shape index (κ3) is 3.40. The summed E-state index contributed by atoms with van der Waals surface area (Å²) in [4.78, 5) is 0. The first-order valence-corrected chi connectivity index (χ1v) is 6.45. The number of nitrogens with one attached hydrogen (secondary N) is 2. The van der Waals surface area contributed by atoms with Crippen molar-refractivity contribution in [3.8, 4) is 17.2 Å². The van der Waals surface area contributed by atoms with Gasteiger partial charge in [-0.05, 0) is 24.6 Å². The highest BCUT2D eigenvalue weighted by atomic mass is 16.5. The second kappa shape index (κ2) is 6.89. The van der Waals surface area contributed by atoms with Crippen LogP contribution in [0.25, 0.3) is 0 Å². The van der Waals surface area contributed by atoms with Crippen LogP contribution < -0.4 is 19.5 Å². The number of H-pyrrole nitrogens is 1. The van der Waals surface area contributed by atoms with Gasteiger partial charge in [-0.15, -0.1) is 10.2 Å². The maximum atomic E-state index is 5.35. The van der Waals surface area contributed by atoms with Gasteiger partial charge in [-0.3, -0.25) is 0 Å². The van der Waals surface area contributed by atoms with Crippen LogP contribution in [0.3, 0.4) is 0 Å². The monoisotopic (exact) mass is 293 g/mol. The molecule has 0 fully saturated rings. The summed E-state index contributed by atoms with van der Waals surface area (Å²) in [5.74, 6) is 2.43. The Hall–Kier alpha value is -2.35. The summed E-state index contributed by atoms with van der Waals surface area (Å²) in [7, 11) is 4.77. The molecule has 114 valence electrons. The fraction of sp³-hybridized carbons (Fsp3) is 0.462. The van der Waals surface area contributed by atoms with Gasteiger partial charge in [-0.1, -0.05) is 5.21 Å². The summed E-state index contributed by atoms with van der Waals surface area (Å²) in [5, 5.41) is 17.0. The van der Waals surface area contributed by atoms with E-state index in [1.54, 1.807) is 21.3 Å². The number of benzene rings is 1. The third-order valence-corrected chi connectivity index (χ3v) is 3.14. The lowest BCUT2D eigenvalue weighted by Gasteiger charge is -2.18. The van der Waals surface area contributed by atoms with E-state index >= 15 is 0 Å². The normalized spacial score (nSPS) is 12.0. The van der Waals surface area contributed by atoms with Crippen LogP contribution in [0.4, 0.5) is 0 Å². The fourth-order valence-corrected chi connectivity index (χ4v) is 1.97. The summed E-state index contributed by atoms with van der Waals surface area (Å²) in [6.07, 6.45) is 0. The molecule has 0 aliphatic heterocycles. The van der Waals surface area contributed by atoms with Gasteiger partial charge in [0.2, 0.25) is 5.75 Å². The van der Waals surface area contributed by atoms with E-state index in [0.29, 0.717) is 29.6 Å². The lowest BCUT2D eigenvalue weighted by atomic mass is 10.1. The molecule has 0 saturated carbocycles. The molecule has 2 N–H and O–H groups in total. The number of hydrogen-bond donors (Lipinski definition) is 2. The van der Waals surface area contributed by atoms with Gasteiger partial charge in [0.15, 0.2) is 17.3 Å². The summed E-state index contributed by atoms with van der Waals surface area (Å²) < 4.78 is 16.0. The van der Waals surface area contributed by atoms with E-state index in [1.807, 2.05) is 19.1 Å². The smallest absolute Gasteiger partial charge is 0.203 e. The van der Waals surface area contributed by atoms with Crippen molar-refractivity contribution in [2.45, 2.75) is 19.5 Å². The van der Waals surface area contributed by atoms with Crippen molar-refractivity contribution in [2.75, 3.05) is 21.3 Å². The van der Waals surface area contributed by atoms with Gasteiger partial charge in [0.05, 0.1) is 27.9 Å². The zero-order valence-electron chi connectivity index (χ0n) is 12.5. The van der Waals surface area contributed by atoms with Gasteiger partial charge in [-0.25, -0.2) is 0 Å². The van der Waals surface area contributed by atoms with Crippen molar-refractivity contribution < 1.29 is 14.2 Å². The molecule has 2 rings (SSSR count). The van der Waals surface area contributed by atoms with Crippen LogP contribution in [0.1, 0.15) is 24.4 Å². The van der Waals surface area contributed by atoms with E-state index in [4.69, 9.17) is 14.2 Å². The summed E-state index contributed by atoms with van der Waals surface area (Å²) in [6.45, 7) is 2.54. The molecule has 0 bridgehead atoms. The lowest BCUT2D eigenvalue weighted by molar-refractivity contribution is 0.323. The second-order valence-electron chi connectivity index (χ2n) is 4.39. The summed E-state index contributed by atoms with van der Waals surface area (Å²) >= 11 is 0. The minimum atomic E-state index is 0.0530. The molecule has 0 amide bonds. The Morgan fingerprint density at radius 2 is 1.81 bits per heavy atom. The molecule has 21 heavy (non-hydrogen) atoms. The molecule has 2 aromatic rings. The van der Waals surface area contributed by atoms with Crippen LogP contribution in [0.5, 0.6) is 17.2 Å². The minimum absolute atomic E-state index is 0.0530. The Kier molecular flexibility index (Phi) is 4.94. The van der Waals surface area contributed by atoms with Gasteiger partial charge in [0.1, 0.15) is 0 Å². The van der Waals surface area contributed by atoms with Gasteiger partial charge < -0.3 is 19.5 Å². The number of rotatable bonds is 7. The van der Waals surface area contributed by atoms with Crippen molar-refractivity contribution >= 4 is 0 Å². The third-order valence-electron chi connectivity index (χ3n) is 3.14. The number of tetrazole rings is 1. The number of ether oxygens (including phenoxy) is 3. The number of hydrogen-bond acceptors (Lipinski definition) is 7. The van der Waals surface area contributed by atoms with Gasteiger partial charge in [0, 0.05) is 6.04 Å². The SMILES string of the molecule is COc1cc(C(C)NCc2nn[nH]n2)cc(OC)c1OC. The molecule has 1 aromatic heterocycles. The molecule has 1 atom stereocenters. The lowest BCUT2D eigenvalue weighted by Crippen LogP contribution is -2.19. The molecule has 1 unspecified atom stereocenters. The first-order valence-electron chi connectivity index (χ1n) is 6.45. The van der Waals surface area contributed by atoms with Crippen molar-refractivity contribution in [1.82, 2.24) is 25.9 Å². The van der Waals surface area contributed by atoms with Gasteiger partial charge in [0.25, 0.3) is 0 Å². The van der Waals surface area contributed by atoms with Crippen molar-refractivity contribution in [1.29, 1.82) is 0 Å². The van der Waals surface area contributed by atoms with Crippen LogP contribution in [0.2, 0.25) is 0 Å². The number of methoxy groups -OCH3 is 3. The highest BCUT2D eigenvalue weighted by molar-refractivity contribution is 5.54. The number of aromatic amines is 1. The van der Waals surface area contributed by atoms with Crippen molar-refractivity contribution in [2.24, 2.45) is 0 Å². The Morgan fingerprint density at radius 1 is 1.14 bits per heavy atom. The van der Waals surface area contributed by atoms with E-state index in [-0.39, 0.29) is 6.04 Å². The van der Waals surface area contributed by atoms with E-state index in [9.17, 15) is 0 Å². The first kappa shape index (κ1) is 15.0. The molecule has 0 aliphatic carbocycles. The van der Waals surface area contributed by atoms with Crippen LogP contribution in [-0.2, 0) is 6.54 Å². The Morgan fingerprint density at radius 3 is 2.29 bits per heavy atom. The topological polar surface area (TPSA) is 94.2 Å². The quantitative estimate of drug-likeness (QED) is 0.788. The zero-order chi connectivity index (χ0) is 15.2. The highest BCUT2D eigenvalue weighted by Crippen LogP contribution is 2.39. The average Bonchev–Trinajstić information content (AvgIpc) is 3.04. The fourth-order valence-electron chi connectivity index (χ4n) is 1.97. The van der Waals surface area contributed by atoms with Gasteiger partial charge >= 0.3 is 0 Å². The Bertz CT molecular complexity index is 548. The Labute approximate surface area is 122 Å². The van der Waals surface area contributed by atoms with Crippen molar-refractivity contribution in [3.63, 3.8) is 0 Å². The minimum Gasteiger partial charge on any atom is -0.493 e. The molecule has 1 heterocycles. The molecule has 0 aliphatic rings. The maximum absolute atomic E-state index is 5.35. The molecule has 8 heteroatoms. The molecular formula is C13H19N5O3. The maximum Gasteiger partial charge on any atom is 0.203 e. The van der Waals surface area contributed by atoms with Crippen molar-refractivity contribution in [3.05, 3.63) is 23.5 Å². The highest BCUT2D eigenvalue weighted by Gasteiger charge is 2.16. The molecule has 0 radical (unpaired) electrons. The van der Waals surface area contributed by atoms with Crippen LogP contribution in [0.15, 0.2) is 12.1 Å². The molecule has 1 aromatic carbocycles. The first-order chi connectivity index (χ1) is 10.2. The standard InChI is InChI=1S/C13H19N5O3/c1-8(14-7-12-15-17-18-16-12)9-5-10(19-2)13(21-4)11(6-9)20-3/h5-6,8,14H,7H2,1-4H3,(H,15,16,17,18). The number of aromatic nitrogens is 4. The molecule has 0 spiro atoms. The predicted molar refractivity (Wildman–Crippen MR) is 75.5 cm³/mol. The molecule has 8 nitrogen and oxygen atoms in total. The van der Waals surface area contributed by atoms with Crippen LogP contribution in [-0.4, -0.2) is 42.0 Å². The molecular weight excluding hydrogens is 274 g/mol. The van der Waals surface area contributed by atoms with Crippen LogP contribution >= 0.6 is 0 Å². The molecule has 0 saturated heterocycles. The van der Waals surface area contributed by atoms with E-state index in [1.165, 1.54) is 0 Å².